The fourth-order valence-corrected chi connectivity index (χ4v) is 2.66. The first kappa shape index (κ1) is 14.8. The monoisotopic (exact) mass is 279 g/mol. The van der Waals surface area contributed by atoms with Crippen molar-refractivity contribution in [2.24, 2.45) is 0 Å². The van der Waals surface area contributed by atoms with Crippen LogP contribution in [-0.2, 0) is 4.79 Å². The van der Waals surface area contributed by atoms with Gasteiger partial charge in [-0.25, -0.2) is 4.39 Å². The van der Waals surface area contributed by atoms with Gasteiger partial charge in [0.05, 0.1) is 13.0 Å². The van der Waals surface area contributed by atoms with Gasteiger partial charge in [-0.3, -0.25) is 4.79 Å². The third-order valence-electron chi connectivity index (χ3n) is 3.93. The van der Waals surface area contributed by atoms with E-state index in [-0.39, 0.29) is 24.1 Å². The Morgan fingerprint density at radius 2 is 2.00 bits per heavy atom. The Hall–Kier alpha value is -1.58. The maximum Gasteiger partial charge on any atom is 0.225 e. The van der Waals surface area contributed by atoms with Crippen molar-refractivity contribution >= 4 is 5.91 Å². The Kier molecular flexibility index (Phi) is 5.39. The molecular weight excluding hydrogens is 257 g/mol. The second-order valence-corrected chi connectivity index (χ2v) is 5.33. The molecule has 0 aliphatic heterocycles. The molecule has 0 aromatic heterocycles. The Balaban J connectivity index is 1.76. The average Bonchev–Trinajstić information content (AvgIpc) is 2.49. The molecule has 0 saturated heterocycles. The van der Waals surface area contributed by atoms with E-state index in [9.17, 15) is 9.18 Å². The summed E-state index contributed by atoms with van der Waals surface area (Å²) in [6.45, 7) is 0.219. The maximum atomic E-state index is 13.3. The van der Waals surface area contributed by atoms with E-state index in [1.165, 1.54) is 25.3 Å². The van der Waals surface area contributed by atoms with Crippen molar-refractivity contribution < 1.29 is 13.9 Å². The van der Waals surface area contributed by atoms with E-state index in [4.69, 9.17) is 4.74 Å². The van der Waals surface area contributed by atoms with Crippen LogP contribution < -0.4 is 4.74 Å². The van der Waals surface area contributed by atoms with E-state index in [1.54, 1.807) is 18.2 Å². The molecular formula is C16H22FNO2. The molecule has 1 saturated carbocycles. The highest BCUT2D eigenvalue weighted by Gasteiger charge is 2.21. The van der Waals surface area contributed by atoms with Crippen molar-refractivity contribution in [2.75, 3.05) is 13.7 Å². The largest absolute Gasteiger partial charge is 0.490 e. The van der Waals surface area contributed by atoms with Gasteiger partial charge in [-0.1, -0.05) is 31.4 Å². The predicted molar refractivity (Wildman–Crippen MR) is 76.2 cm³/mol. The number of carbonyl (C=O) groups is 1. The zero-order valence-corrected chi connectivity index (χ0v) is 12.0. The van der Waals surface area contributed by atoms with Crippen molar-refractivity contribution in [3.8, 4) is 5.75 Å². The summed E-state index contributed by atoms with van der Waals surface area (Å²) in [6, 6.07) is 6.62. The summed E-state index contributed by atoms with van der Waals surface area (Å²) in [5, 5.41) is 0. The molecule has 2 rings (SSSR count). The molecule has 0 radical (unpaired) electrons. The fraction of sp³-hybridized carbons (Fsp3) is 0.562. The molecule has 1 aromatic carbocycles. The minimum absolute atomic E-state index is 0.0771. The molecule has 3 nitrogen and oxygen atoms in total. The number of hydrogen-bond donors (Lipinski definition) is 0. The van der Waals surface area contributed by atoms with E-state index in [2.05, 4.69) is 0 Å². The molecule has 1 fully saturated rings. The number of benzene rings is 1. The Morgan fingerprint density at radius 1 is 1.30 bits per heavy atom. The van der Waals surface area contributed by atoms with E-state index in [0.29, 0.717) is 12.5 Å². The standard InChI is InChI=1S/C16H22FNO2/c1-18(13-7-3-2-4-8-13)16(19)11-12-20-15-10-6-5-9-14(15)17/h5-6,9-10,13H,2-4,7-8,11-12H2,1H3. The molecule has 1 aliphatic carbocycles. The van der Waals surface area contributed by atoms with Gasteiger partial charge < -0.3 is 9.64 Å². The quantitative estimate of drug-likeness (QED) is 0.827. The van der Waals surface area contributed by atoms with Crippen LogP contribution in [0.25, 0.3) is 0 Å². The number of rotatable bonds is 5. The van der Waals surface area contributed by atoms with E-state index in [1.807, 2.05) is 11.9 Å². The van der Waals surface area contributed by atoms with Crippen LogP contribution >= 0.6 is 0 Å². The first-order valence-electron chi connectivity index (χ1n) is 7.31. The summed E-state index contributed by atoms with van der Waals surface area (Å²) in [5.41, 5.74) is 0. The Labute approximate surface area is 119 Å². The minimum Gasteiger partial charge on any atom is -0.490 e. The lowest BCUT2D eigenvalue weighted by Gasteiger charge is -2.31. The molecule has 1 aliphatic rings. The fourth-order valence-electron chi connectivity index (χ4n) is 2.66. The molecule has 0 bridgehead atoms. The summed E-state index contributed by atoms with van der Waals surface area (Å²) in [7, 11) is 1.86. The van der Waals surface area contributed by atoms with Gasteiger partial charge in [0.25, 0.3) is 0 Å². The van der Waals surface area contributed by atoms with Gasteiger partial charge in [0, 0.05) is 13.1 Å². The molecule has 1 amide bonds. The van der Waals surface area contributed by atoms with Crippen molar-refractivity contribution in [3.63, 3.8) is 0 Å². The summed E-state index contributed by atoms with van der Waals surface area (Å²) < 4.78 is 18.7. The molecule has 0 unspecified atom stereocenters. The highest BCUT2D eigenvalue weighted by molar-refractivity contribution is 5.76. The second kappa shape index (κ2) is 7.27. The summed E-state index contributed by atoms with van der Waals surface area (Å²) in [6.07, 6.45) is 6.16. The van der Waals surface area contributed by atoms with Gasteiger partial charge in [-0.2, -0.15) is 0 Å². The van der Waals surface area contributed by atoms with Crippen LogP contribution in [0, 0.1) is 5.82 Å². The molecule has 0 N–H and O–H groups in total. The van der Waals surface area contributed by atoms with Gasteiger partial charge in [0.2, 0.25) is 5.91 Å². The van der Waals surface area contributed by atoms with Gasteiger partial charge in [-0.15, -0.1) is 0 Å². The van der Waals surface area contributed by atoms with E-state index >= 15 is 0 Å². The van der Waals surface area contributed by atoms with Crippen molar-refractivity contribution in [1.29, 1.82) is 0 Å². The number of halogens is 1. The van der Waals surface area contributed by atoms with Gasteiger partial charge in [0.15, 0.2) is 11.6 Å². The highest BCUT2D eigenvalue weighted by Crippen LogP contribution is 2.22. The van der Waals surface area contributed by atoms with Crippen LogP contribution in [0.4, 0.5) is 4.39 Å². The molecule has 1 aromatic rings. The SMILES string of the molecule is CN(C(=O)CCOc1ccccc1F)C1CCCCC1. The third kappa shape index (κ3) is 3.95. The highest BCUT2D eigenvalue weighted by atomic mass is 19.1. The molecule has 0 atom stereocenters. The van der Waals surface area contributed by atoms with Crippen LogP contribution in [0.1, 0.15) is 38.5 Å². The number of ether oxygens (including phenoxy) is 1. The first-order valence-corrected chi connectivity index (χ1v) is 7.31. The van der Waals surface area contributed by atoms with Crippen LogP contribution in [0.5, 0.6) is 5.75 Å². The normalized spacial score (nSPS) is 15.9. The van der Waals surface area contributed by atoms with Crippen molar-refractivity contribution in [1.82, 2.24) is 4.90 Å². The molecule has 20 heavy (non-hydrogen) atoms. The number of amides is 1. The number of hydrogen-bond acceptors (Lipinski definition) is 2. The summed E-state index contributed by atoms with van der Waals surface area (Å²) >= 11 is 0. The zero-order chi connectivity index (χ0) is 14.4. The topological polar surface area (TPSA) is 29.5 Å². The van der Waals surface area contributed by atoms with Gasteiger partial charge >= 0.3 is 0 Å². The third-order valence-corrected chi connectivity index (χ3v) is 3.93. The summed E-state index contributed by atoms with van der Waals surface area (Å²) in [4.78, 5) is 13.9. The second-order valence-electron chi connectivity index (χ2n) is 5.33. The van der Waals surface area contributed by atoms with Crippen LogP contribution in [0.15, 0.2) is 24.3 Å². The number of para-hydroxylation sites is 1. The Morgan fingerprint density at radius 3 is 2.70 bits per heavy atom. The average molecular weight is 279 g/mol. The van der Waals surface area contributed by atoms with Crippen LogP contribution in [0.2, 0.25) is 0 Å². The zero-order valence-electron chi connectivity index (χ0n) is 12.0. The molecule has 4 heteroatoms. The molecule has 110 valence electrons. The molecule has 0 spiro atoms. The predicted octanol–water partition coefficient (Wildman–Crippen LogP) is 3.39. The first-order chi connectivity index (χ1) is 9.68. The lowest BCUT2D eigenvalue weighted by molar-refractivity contribution is -0.133. The molecule has 0 heterocycles. The van der Waals surface area contributed by atoms with E-state index < -0.39 is 0 Å². The van der Waals surface area contributed by atoms with Crippen LogP contribution in [-0.4, -0.2) is 30.5 Å². The Bertz CT molecular complexity index is 444. The van der Waals surface area contributed by atoms with E-state index in [0.717, 1.165) is 12.8 Å². The number of carbonyl (C=O) groups excluding carboxylic acids is 1. The maximum absolute atomic E-state index is 13.3. The smallest absolute Gasteiger partial charge is 0.225 e. The van der Waals surface area contributed by atoms with Gasteiger partial charge in [0.1, 0.15) is 0 Å². The number of nitrogens with zero attached hydrogens (tertiary/aromatic N) is 1. The van der Waals surface area contributed by atoms with Crippen molar-refractivity contribution in [2.45, 2.75) is 44.6 Å². The van der Waals surface area contributed by atoms with Crippen LogP contribution in [0.3, 0.4) is 0 Å². The lowest BCUT2D eigenvalue weighted by Crippen LogP contribution is -2.38. The lowest BCUT2D eigenvalue weighted by atomic mass is 9.94. The minimum atomic E-state index is -0.388. The van der Waals surface area contributed by atoms with Gasteiger partial charge in [-0.05, 0) is 25.0 Å². The summed E-state index contributed by atoms with van der Waals surface area (Å²) in [5.74, 6) is -0.102. The van der Waals surface area contributed by atoms with Crippen molar-refractivity contribution in [3.05, 3.63) is 30.1 Å².